The van der Waals surface area contributed by atoms with E-state index in [1.807, 2.05) is 11.9 Å². The molecule has 6 heteroatoms. The van der Waals surface area contributed by atoms with Crippen molar-refractivity contribution in [2.24, 2.45) is 0 Å². The van der Waals surface area contributed by atoms with Crippen LogP contribution in [0.3, 0.4) is 0 Å². The molecule has 3 rings (SSSR count). The second kappa shape index (κ2) is 8.08. The lowest BCUT2D eigenvalue weighted by Crippen LogP contribution is -2.52. The molecule has 0 spiro atoms. The number of hydrogen-bond donors (Lipinski definition) is 1. The maximum absolute atomic E-state index is 12.6. The molecule has 0 aliphatic carbocycles. The van der Waals surface area contributed by atoms with Gasteiger partial charge in [0, 0.05) is 52.2 Å². The summed E-state index contributed by atoms with van der Waals surface area (Å²) in [5.41, 5.74) is 2.77. The molecule has 142 valence electrons. The maximum Gasteiger partial charge on any atom is 0.317 e. The van der Waals surface area contributed by atoms with Gasteiger partial charge in [0.2, 0.25) is 5.91 Å². The quantitative estimate of drug-likeness (QED) is 0.895. The number of hydrogen-bond acceptors (Lipinski definition) is 3. The van der Waals surface area contributed by atoms with Crippen LogP contribution < -0.4 is 5.32 Å². The maximum atomic E-state index is 12.6. The van der Waals surface area contributed by atoms with Gasteiger partial charge < -0.3 is 15.1 Å². The number of piperidine rings is 1. The first kappa shape index (κ1) is 18.7. The van der Waals surface area contributed by atoms with Crippen molar-refractivity contribution >= 4 is 11.9 Å². The summed E-state index contributed by atoms with van der Waals surface area (Å²) in [7, 11) is 4.00. The number of nitrogens with one attached hydrogen (secondary N) is 1. The van der Waals surface area contributed by atoms with Crippen molar-refractivity contribution in [3.05, 3.63) is 35.4 Å². The fourth-order valence-corrected chi connectivity index (χ4v) is 3.94. The minimum atomic E-state index is -0.0152. The molecule has 0 bridgehead atoms. The van der Waals surface area contributed by atoms with E-state index in [-0.39, 0.29) is 18.0 Å². The zero-order valence-corrected chi connectivity index (χ0v) is 16.1. The molecule has 1 N–H and O–H groups in total. The molecule has 6 nitrogen and oxygen atoms in total. The van der Waals surface area contributed by atoms with Gasteiger partial charge in [0.1, 0.15) is 0 Å². The molecule has 26 heavy (non-hydrogen) atoms. The van der Waals surface area contributed by atoms with Crippen molar-refractivity contribution < 1.29 is 9.59 Å². The minimum Gasteiger partial charge on any atom is -0.343 e. The van der Waals surface area contributed by atoms with Crippen LogP contribution in [0.2, 0.25) is 0 Å². The van der Waals surface area contributed by atoms with E-state index in [2.05, 4.69) is 41.5 Å². The molecule has 1 saturated heterocycles. The standard InChI is InChI=1S/C20H30N4O2/c1-15(25)24-10-8-18(9-11-24)21-20(26)23(3)14-19-12-16-6-4-5-7-17(16)13-22(19)2/h4-7,18-19H,8-14H2,1-3H3,(H,21,26)/t19-/m0/s1. The van der Waals surface area contributed by atoms with Crippen molar-refractivity contribution in [2.45, 2.75) is 44.8 Å². The summed E-state index contributed by atoms with van der Waals surface area (Å²) < 4.78 is 0. The lowest BCUT2D eigenvalue weighted by molar-refractivity contribution is -0.129. The van der Waals surface area contributed by atoms with Crippen LogP contribution in [0.5, 0.6) is 0 Å². The highest BCUT2D eigenvalue weighted by Crippen LogP contribution is 2.22. The van der Waals surface area contributed by atoms with E-state index in [4.69, 9.17) is 0 Å². The van der Waals surface area contributed by atoms with Crippen molar-refractivity contribution in [3.8, 4) is 0 Å². The van der Waals surface area contributed by atoms with Gasteiger partial charge in [0.05, 0.1) is 0 Å². The number of carbonyl (C=O) groups is 2. The van der Waals surface area contributed by atoms with Gasteiger partial charge in [-0.25, -0.2) is 4.79 Å². The predicted molar refractivity (Wildman–Crippen MR) is 102 cm³/mol. The highest BCUT2D eigenvalue weighted by Gasteiger charge is 2.27. The Bertz CT molecular complexity index is 655. The molecule has 0 unspecified atom stereocenters. The lowest BCUT2D eigenvalue weighted by Gasteiger charge is -2.37. The third-order valence-corrected chi connectivity index (χ3v) is 5.72. The van der Waals surface area contributed by atoms with E-state index in [0.29, 0.717) is 12.6 Å². The van der Waals surface area contributed by atoms with Crippen molar-refractivity contribution in [1.29, 1.82) is 0 Å². The van der Waals surface area contributed by atoms with Crippen LogP contribution in [0.15, 0.2) is 24.3 Å². The predicted octanol–water partition coefficient (Wildman–Crippen LogP) is 1.70. The second-order valence-corrected chi connectivity index (χ2v) is 7.65. The Labute approximate surface area is 156 Å². The van der Waals surface area contributed by atoms with Gasteiger partial charge in [-0.05, 0) is 37.4 Å². The van der Waals surface area contributed by atoms with Crippen LogP contribution in [-0.2, 0) is 17.8 Å². The molecule has 2 aliphatic rings. The van der Waals surface area contributed by atoms with E-state index in [9.17, 15) is 9.59 Å². The molecule has 2 aliphatic heterocycles. The molecule has 1 fully saturated rings. The first-order chi connectivity index (χ1) is 12.4. The molecule has 0 radical (unpaired) electrons. The van der Waals surface area contributed by atoms with Crippen LogP contribution in [0.25, 0.3) is 0 Å². The smallest absolute Gasteiger partial charge is 0.317 e. The first-order valence-electron chi connectivity index (χ1n) is 9.48. The number of urea groups is 1. The average molecular weight is 358 g/mol. The molecule has 0 aromatic heterocycles. The molecule has 3 amide bonds. The number of likely N-dealkylation sites (N-methyl/N-ethyl adjacent to an activating group) is 2. The molecule has 1 atom stereocenters. The highest BCUT2D eigenvalue weighted by atomic mass is 16.2. The fraction of sp³-hybridized carbons (Fsp3) is 0.600. The summed E-state index contributed by atoms with van der Waals surface area (Å²) in [5, 5.41) is 3.13. The molecular formula is C20H30N4O2. The van der Waals surface area contributed by atoms with Gasteiger partial charge in [-0.15, -0.1) is 0 Å². The molecule has 1 aromatic rings. The number of likely N-dealkylation sites (tertiary alicyclic amines) is 1. The summed E-state index contributed by atoms with van der Waals surface area (Å²) in [6.07, 6.45) is 2.63. The van der Waals surface area contributed by atoms with Crippen LogP contribution in [0.1, 0.15) is 30.9 Å². The fourth-order valence-electron chi connectivity index (χ4n) is 3.94. The Kier molecular flexibility index (Phi) is 5.81. The highest BCUT2D eigenvalue weighted by molar-refractivity contribution is 5.75. The Morgan fingerprint density at radius 3 is 2.50 bits per heavy atom. The Morgan fingerprint density at radius 1 is 1.19 bits per heavy atom. The summed E-state index contributed by atoms with van der Waals surface area (Å²) in [6, 6.07) is 9.03. The second-order valence-electron chi connectivity index (χ2n) is 7.65. The van der Waals surface area contributed by atoms with Crippen LogP contribution in [-0.4, -0.2) is 72.5 Å². The summed E-state index contributed by atoms with van der Waals surface area (Å²) in [6.45, 7) is 4.70. The van der Waals surface area contributed by atoms with Crippen molar-refractivity contribution in [1.82, 2.24) is 20.0 Å². The van der Waals surface area contributed by atoms with E-state index >= 15 is 0 Å². The van der Waals surface area contributed by atoms with Gasteiger partial charge >= 0.3 is 6.03 Å². The summed E-state index contributed by atoms with van der Waals surface area (Å²) >= 11 is 0. The molecule has 2 heterocycles. The molecule has 0 saturated carbocycles. The third kappa shape index (κ3) is 4.36. The Morgan fingerprint density at radius 2 is 1.85 bits per heavy atom. The summed E-state index contributed by atoms with van der Waals surface area (Å²) in [5.74, 6) is 0.118. The van der Waals surface area contributed by atoms with Gasteiger partial charge in [-0.1, -0.05) is 24.3 Å². The lowest BCUT2D eigenvalue weighted by atomic mass is 9.94. The summed E-state index contributed by atoms with van der Waals surface area (Å²) in [4.78, 5) is 29.9. The SMILES string of the molecule is CC(=O)N1CCC(NC(=O)N(C)C[C@@H]2Cc3ccccc3CN2C)CC1. The van der Waals surface area contributed by atoms with Gasteiger partial charge in [-0.2, -0.15) is 0 Å². The van der Waals surface area contributed by atoms with E-state index in [1.165, 1.54) is 11.1 Å². The number of nitrogens with zero attached hydrogens (tertiary/aromatic N) is 3. The van der Waals surface area contributed by atoms with Crippen LogP contribution in [0.4, 0.5) is 4.79 Å². The number of amides is 3. The number of rotatable bonds is 3. The number of benzene rings is 1. The van der Waals surface area contributed by atoms with Crippen LogP contribution >= 0.6 is 0 Å². The van der Waals surface area contributed by atoms with E-state index < -0.39 is 0 Å². The topological polar surface area (TPSA) is 55.9 Å². The Hall–Kier alpha value is -2.08. The van der Waals surface area contributed by atoms with Crippen LogP contribution in [0, 0.1) is 0 Å². The van der Waals surface area contributed by atoms with Crippen molar-refractivity contribution in [3.63, 3.8) is 0 Å². The zero-order valence-electron chi connectivity index (χ0n) is 16.1. The first-order valence-corrected chi connectivity index (χ1v) is 9.48. The van der Waals surface area contributed by atoms with Gasteiger partial charge in [-0.3, -0.25) is 9.69 Å². The Balaban J connectivity index is 1.49. The average Bonchev–Trinajstić information content (AvgIpc) is 2.62. The monoisotopic (exact) mass is 358 g/mol. The van der Waals surface area contributed by atoms with E-state index in [1.54, 1.807) is 11.8 Å². The number of fused-ring (bicyclic) bond motifs is 1. The van der Waals surface area contributed by atoms with Gasteiger partial charge in [0.15, 0.2) is 0 Å². The third-order valence-electron chi connectivity index (χ3n) is 5.72. The largest absolute Gasteiger partial charge is 0.343 e. The van der Waals surface area contributed by atoms with E-state index in [0.717, 1.165) is 38.9 Å². The molecular weight excluding hydrogens is 328 g/mol. The zero-order chi connectivity index (χ0) is 18.7. The van der Waals surface area contributed by atoms with Crippen molar-refractivity contribution in [2.75, 3.05) is 33.7 Å². The number of carbonyl (C=O) groups excluding carboxylic acids is 2. The normalized spacial score (nSPS) is 21.2. The molecule has 1 aromatic carbocycles. The minimum absolute atomic E-state index is 0.0152. The van der Waals surface area contributed by atoms with Gasteiger partial charge in [0.25, 0.3) is 0 Å².